The van der Waals surface area contributed by atoms with Crippen LogP contribution in [-0.4, -0.2) is 60.4 Å². The largest absolute Gasteiger partial charge is 0.496 e. The summed E-state index contributed by atoms with van der Waals surface area (Å²) in [6.45, 7) is 1.18. The molecule has 0 amide bonds. The van der Waals surface area contributed by atoms with E-state index in [4.69, 9.17) is 4.74 Å². The first-order valence-corrected chi connectivity index (χ1v) is 12.2. The number of hydrogen-bond donors (Lipinski definition) is 2. The summed E-state index contributed by atoms with van der Waals surface area (Å²) in [5, 5.41) is 28.4. The highest BCUT2D eigenvalue weighted by molar-refractivity contribution is 5.94. The lowest BCUT2D eigenvalue weighted by Crippen LogP contribution is -2.38. The molecule has 0 spiro atoms. The van der Waals surface area contributed by atoms with Gasteiger partial charge in [0.25, 0.3) is 0 Å². The van der Waals surface area contributed by atoms with Crippen molar-refractivity contribution >= 4 is 10.9 Å². The van der Waals surface area contributed by atoms with E-state index < -0.39 is 12.0 Å². The van der Waals surface area contributed by atoms with Gasteiger partial charge < -0.3 is 9.84 Å². The van der Waals surface area contributed by atoms with Crippen LogP contribution in [0.25, 0.3) is 27.8 Å². The molecule has 10 heteroatoms. The number of ether oxygens (including phenoxy) is 1. The lowest BCUT2D eigenvalue weighted by atomic mass is 9.94. The highest BCUT2D eigenvalue weighted by atomic mass is 19.1. The molecule has 9 nitrogen and oxygen atoms in total. The number of benzene rings is 2. The van der Waals surface area contributed by atoms with Crippen molar-refractivity contribution in [2.75, 3.05) is 20.2 Å². The van der Waals surface area contributed by atoms with Crippen molar-refractivity contribution in [2.45, 2.75) is 25.0 Å². The Morgan fingerprint density at radius 1 is 1.16 bits per heavy atom. The molecule has 0 bridgehead atoms. The number of aromatic amines is 1. The maximum Gasteiger partial charge on any atom is 0.140 e. The van der Waals surface area contributed by atoms with Crippen LogP contribution in [0.3, 0.4) is 0 Å². The number of aliphatic hydroxyl groups is 1. The second-order valence-corrected chi connectivity index (χ2v) is 9.19. The number of aromatic nitrogens is 6. The Balaban J connectivity index is 1.25. The first kappa shape index (κ1) is 23.3. The average Bonchev–Trinajstić information content (AvgIpc) is 3.61. The summed E-state index contributed by atoms with van der Waals surface area (Å²) in [6.07, 6.45) is 6.07. The minimum absolute atomic E-state index is 0.0555. The summed E-state index contributed by atoms with van der Waals surface area (Å²) in [6, 6.07) is 14.4. The zero-order valence-corrected chi connectivity index (χ0v) is 20.3. The average molecular weight is 500 g/mol. The number of aliphatic hydroxyl groups excluding tert-OH is 1. The Morgan fingerprint density at radius 3 is 2.86 bits per heavy atom. The molecule has 6 rings (SSSR count). The van der Waals surface area contributed by atoms with Crippen molar-refractivity contribution in [3.63, 3.8) is 0 Å². The highest BCUT2D eigenvalue weighted by Crippen LogP contribution is 2.35. The third kappa shape index (κ3) is 4.34. The van der Waals surface area contributed by atoms with Gasteiger partial charge in [0.1, 0.15) is 23.5 Å². The fourth-order valence-electron chi connectivity index (χ4n) is 5.06. The van der Waals surface area contributed by atoms with Crippen molar-refractivity contribution in [1.29, 1.82) is 0 Å². The fraction of sp³-hybridized carbons (Fsp3) is 0.259. The molecule has 1 aliphatic rings. The SMILES string of the molecule is COc1cccc(F)c1C(O)N1CCC[C@@H](c2cn(-c3ccc4[nH]nc(-c5ccncc5)c4c3)nn2)C1. The Hall–Kier alpha value is -4.15. The van der Waals surface area contributed by atoms with Crippen molar-refractivity contribution < 1.29 is 14.2 Å². The number of pyridine rings is 1. The van der Waals surface area contributed by atoms with Crippen LogP contribution in [0.15, 0.2) is 67.1 Å². The first-order valence-electron chi connectivity index (χ1n) is 12.2. The Morgan fingerprint density at radius 2 is 2.03 bits per heavy atom. The molecule has 2 N–H and O–H groups in total. The molecular formula is C27H26FN7O2. The predicted molar refractivity (Wildman–Crippen MR) is 136 cm³/mol. The van der Waals surface area contributed by atoms with Gasteiger partial charge in [0.2, 0.25) is 0 Å². The van der Waals surface area contributed by atoms with E-state index in [1.807, 2.05) is 41.4 Å². The zero-order chi connectivity index (χ0) is 25.4. The number of likely N-dealkylation sites (tertiary alicyclic amines) is 1. The number of hydrogen-bond acceptors (Lipinski definition) is 7. The molecular weight excluding hydrogens is 473 g/mol. The van der Waals surface area contributed by atoms with Crippen molar-refractivity contribution in [3.05, 3.63) is 84.2 Å². The minimum Gasteiger partial charge on any atom is -0.496 e. The molecule has 0 aliphatic carbocycles. The molecule has 1 fully saturated rings. The number of nitrogens with zero attached hydrogens (tertiary/aromatic N) is 6. The van der Waals surface area contributed by atoms with E-state index in [9.17, 15) is 9.50 Å². The minimum atomic E-state index is -1.11. The van der Waals surface area contributed by atoms with E-state index in [2.05, 4.69) is 25.5 Å². The number of rotatable bonds is 6. The van der Waals surface area contributed by atoms with Crippen molar-refractivity contribution in [3.8, 4) is 22.7 Å². The molecule has 1 aliphatic heterocycles. The Bertz CT molecular complexity index is 1530. The number of fused-ring (bicyclic) bond motifs is 1. The second-order valence-electron chi connectivity index (χ2n) is 9.19. The summed E-state index contributed by atoms with van der Waals surface area (Å²) in [4.78, 5) is 5.96. The van der Waals surface area contributed by atoms with Crippen molar-refractivity contribution in [1.82, 2.24) is 35.1 Å². The quantitative estimate of drug-likeness (QED) is 0.360. The lowest BCUT2D eigenvalue weighted by Gasteiger charge is -2.35. The van der Waals surface area contributed by atoms with Crippen LogP contribution in [0.2, 0.25) is 0 Å². The number of halogens is 1. The van der Waals surface area contributed by atoms with Crippen LogP contribution in [0.4, 0.5) is 4.39 Å². The van der Waals surface area contributed by atoms with Crippen LogP contribution in [-0.2, 0) is 0 Å². The van der Waals surface area contributed by atoms with Crippen LogP contribution in [0.5, 0.6) is 5.75 Å². The predicted octanol–water partition coefficient (Wildman–Crippen LogP) is 4.22. The molecule has 3 aromatic heterocycles. The standard InChI is InChI=1S/C27H26FN7O2/c1-37-24-6-2-5-21(28)25(24)27(36)34-13-3-4-18(15-34)23-16-35(33-31-23)19-7-8-22-20(14-19)26(32-30-22)17-9-11-29-12-10-17/h2,5-12,14,16,18,27,36H,3-4,13,15H2,1H3,(H,30,32)/t18-,27?/m1/s1. The highest BCUT2D eigenvalue weighted by Gasteiger charge is 2.31. The zero-order valence-electron chi connectivity index (χ0n) is 20.3. The molecule has 2 aromatic carbocycles. The number of nitrogens with one attached hydrogen (secondary N) is 1. The van der Waals surface area contributed by atoms with E-state index in [0.717, 1.165) is 46.4 Å². The fourth-order valence-corrected chi connectivity index (χ4v) is 5.06. The normalized spacial score (nSPS) is 17.2. The maximum atomic E-state index is 14.6. The van der Waals surface area contributed by atoms with E-state index in [0.29, 0.717) is 18.8 Å². The van der Waals surface area contributed by atoms with Crippen LogP contribution < -0.4 is 4.74 Å². The monoisotopic (exact) mass is 499 g/mol. The summed E-state index contributed by atoms with van der Waals surface area (Å²) >= 11 is 0. The topological polar surface area (TPSA) is 105 Å². The molecule has 0 radical (unpaired) electrons. The second kappa shape index (κ2) is 9.72. The summed E-state index contributed by atoms with van der Waals surface area (Å²) in [7, 11) is 1.48. The van der Waals surface area contributed by atoms with Gasteiger partial charge in [0.15, 0.2) is 0 Å². The van der Waals surface area contributed by atoms with Crippen molar-refractivity contribution in [2.24, 2.45) is 0 Å². The first-order chi connectivity index (χ1) is 18.1. The van der Waals surface area contributed by atoms with Crippen LogP contribution >= 0.6 is 0 Å². The number of H-pyrrole nitrogens is 1. The lowest BCUT2D eigenvalue weighted by molar-refractivity contribution is -0.0191. The molecule has 1 unspecified atom stereocenters. The smallest absolute Gasteiger partial charge is 0.140 e. The van der Waals surface area contributed by atoms with Gasteiger partial charge in [-0.25, -0.2) is 9.07 Å². The molecule has 4 heterocycles. The van der Waals surface area contributed by atoms with Gasteiger partial charge in [-0.05, 0) is 55.3 Å². The van der Waals surface area contributed by atoms with Crippen LogP contribution in [0.1, 0.15) is 36.2 Å². The maximum absolute atomic E-state index is 14.6. The van der Waals surface area contributed by atoms with E-state index in [-0.39, 0.29) is 11.5 Å². The molecule has 188 valence electrons. The summed E-state index contributed by atoms with van der Waals surface area (Å²) < 4.78 is 21.6. The summed E-state index contributed by atoms with van der Waals surface area (Å²) in [5.41, 5.74) is 4.61. The Labute approximate surface area is 212 Å². The van der Waals surface area contributed by atoms with E-state index >= 15 is 0 Å². The van der Waals surface area contributed by atoms with E-state index in [1.54, 1.807) is 29.2 Å². The Kier molecular flexibility index (Phi) is 6.11. The van der Waals surface area contributed by atoms with Gasteiger partial charge in [-0.15, -0.1) is 5.10 Å². The molecule has 2 atom stereocenters. The summed E-state index contributed by atoms with van der Waals surface area (Å²) in [5.74, 6) is -0.0954. The molecule has 5 aromatic rings. The van der Waals surface area contributed by atoms with Gasteiger partial charge in [-0.3, -0.25) is 15.0 Å². The van der Waals surface area contributed by atoms with E-state index in [1.165, 1.54) is 13.2 Å². The third-order valence-electron chi connectivity index (χ3n) is 6.98. The number of methoxy groups -OCH3 is 1. The molecule has 37 heavy (non-hydrogen) atoms. The van der Waals surface area contributed by atoms with Gasteiger partial charge in [0.05, 0.1) is 35.8 Å². The third-order valence-corrected chi connectivity index (χ3v) is 6.98. The van der Waals surface area contributed by atoms with Gasteiger partial charge in [-0.2, -0.15) is 5.10 Å². The number of piperidine rings is 1. The molecule has 0 saturated carbocycles. The van der Waals surface area contributed by atoms with Crippen LogP contribution in [0, 0.1) is 5.82 Å². The molecule has 1 saturated heterocycles. The van der Waals surface area contributed by atoms with Gasteiger partial charge >= 0.3 is 0 Å². The van der Waals surface area contributed by atoms with Gasteiger partial charge in [-0.1, -0.05) is 11.3 Å². The van der Waals surface area contributed by atoms with Gasteiger partial charge in [0, 0.05) is 42.4 Å².